The van der Waals surface area contributed by atoms with E-state index in [2.05, 4.69) is 77.3 Å². The molecule has 0 N–H and O–H groups in total. The van der Waals surface area contributed by atoms with Gasteiger partial charge in [-0.1, -0.05) is 6.07 Å². The second-order valence-electron chi connectivity index (χ2n) is 6.40. The molecule has 0 amide bonds. The Morgan fingerprint density at radius 2 is 1.19 bits per heavy atom. The van der Waals surface area contributed by atoms with Crippen molar-refractivity contribution in [3.8, 4) is 11.4 Å². The van der Waals surface area contributed by atoms with Crippen molar-refractivity contribution < 1.29 is 9.13 Å². The van der Waals surface area contributed by atoms with Crippen molar-refractivity contribution in [2.45, 2.75) is 0 Å². The first kappa shape index (κ1) is 14.8. The van der Waals surface area contributed by atoms with Crippen molar-refractivity contribution in [2.24, 2.45) is 14.1 Å². The number of nitrogens with zero attached hydrogens (tertiary/aromatic N) is 6. The SMILES string of the molecule is C[n+]1cn(-c2cccc(-n3c[n+](C)c4cccnc43)c2)c2ncccc21. The van der Waals surface area contributed by atoms with Crippen LogP contribution in [-0.2, 0) is 14.1 Å². The van der Waals surface area contributed by atoms with Crippen LogP contribution in [0.4, 0.5) is 0 Å². The topological polar surface area (TPSA) is 43.4 Å². The Morgan fingerprint density at radius 3 is 1.69 bits per heavy atom. The molecule has 0 atom stereocenters. The Balaban J connectivity index is 1.72. The van der Waals surface area contributed by atoms with E-state index < -0.39 is 0 Å². The molecule has 26 heavy (non-hydrogen) atoms. The highest BCUT2D eigenvalue weighted by molar-refractivity contribution is 5.71. The van der Waals surface area contributed by atoms with Gasteiger partial charge in [0.1, 0.15) is 11.4 Å². The fourth-order valence-electron chi connectivity index (χ4n) is 3.45. The average molecular weight is 342 g/mol. The Kier molecular flexibility index (Phi) is 3.12. The minimum atomic E-state index is 0.938. The van der Waals surface area contributed by atoms with Gasteiger partial charge in [0, 0.05) is 18.5 Å². The van der Waals surface area contributed by atoms with Crippen LogP contribution < -0.4 is 9.13 Å². The van der Waals surface area contributed by atoms with Crippen LogP contribution in [-0.4, -0.2) is 19.1 Å². The minimum Gasteiger partial charge on any atom is -0.231 e. The predicted molar refractivity (Wildman–Crippen MR) is 98.1 cm³/mol. The normalized spacial score (nSPS) is 11.5. The van der Waals surface area contributed by atoms with Crippen LogP contribution in [0.5, 0.6) is 0 Å². The van der Waals surface area contributed by atoms with Crippen LogP contribution in [0.1, 0.15) is 0 Å². The van der Waals surface area contributed by atoms with Crippen molar-refractivity contribution in [1.29, 1.82) is 0 Å². The van der Waals surface area contributed by atoms with Crippen LogP contribution in [0.3, 0.4) is 0 Å². The first-order valence-electron chi connectivity index (χ1n) is 8.46. The van der Waals surface area contributed by atoms with Crippen molar-refractivity contribution in [3.05, 3.63) is 73.6 Å². The molecule has 126 valence electrons. The second-order valence-corrected chi connectivity index (χ2v) is 6.40. The van der Waals surface area contributed by atoms with E-state index in [-0.39, 0.29) is 0 Å². The summed E-state index contributed by atoms with van der Waals surface area (Å²) in [5, 5.41) is 0. The number of hydrogen-bond donors (Lipinski definition) is 0. The first-order chi connectivity index (χ1) is 12.7. The van der Waals surface area contributed by atoms with Gasteiger partial charge in [-0.3, -0.25) is 0 Å². The summed E-state index contributed by atoms with van der Waals surface area (Å²) in [6.45, 7) is 0. The van der Waals surface area contributed by atoms with Gasteiger partial charge in [0.05, 0.1) is 14.1 Å². The van der Waals surface area contributed by atoms with Crippen LogP contribution in [0.2, 0.25) is 0 Å². The fourth-order valence-corrected chi connectivity index (χ4v) is 3.45. The van der Waals surface area contributed by atoms with Crippen molar-refractivity contribution >= 4 is 22.3 Å². The van der Waals surface area contributed by atoms with Gasteiger partial charge in [-0.2, -0.15) is 9.13 Å². The molecule has 0 aliphatic heterocycles. The summed E-state index contributed by atoms with van der Waals surface area (Å²) < 4.78 is 8.39. The van der Waals surface area contributed by atoms with Crippen molar-refractivity contribution in [2.75, 3.05) is 0 Å². The lowest BCUT2D eigenvalue weighted by Gasteiger charge is -2.00. The molecule has 5 aromatic rings. The lowest BCUT2D eigenvalue weighted by atomic mass is 10.2. The maximum Gasteiger partial charge on any atom is 0.273 e. The molecule has 6 nitrogen and oxygen atoms in total. The van der Waals surface area contributed by atoms with Crippen LogP contribution in [0.25, 0.3) is 33.7 Å². The first-order valence-corrected chi connectivity index (χ1v) is 8.46. The monoisotopic (exact) mass is 342 g/mol. The fraction of sp³-hybridized carbons (Fsp3) is 0.100. The van der Waals surface area contributed by atoms with Crippen LogP contribution >= 0.6 is 0 Å². The Hall–Kier alpha value is -3.54. The summed E-state index contributed by atoms with van der Waals surface area (Å²) in [4.78, 5) is 9.11. The highest BCUT2D eigenvalue weighted by Crippen LogP contribution is 2.20. The van der Waals surface area contributed by atoms with E-state index in [0.29, 0.717) is 0 Å². The molecule has 0 unspecified atom stereocenters. The minimum absolute atomic E-state index is 0.938. The highest BCUT2D eigenvalue weighted by Gasteiger charge is 2.19. The van der Waals surface area contributed by atoms with E-state index >= 15 is 0 Å². The third-order valence-electron chi connectivity index (χ3n) is 4.71. The predicted octanol–water partition coefficient (Wildman–Crippen LogP) is 2.01. The van der Waals surface area contributed by atoms with Gasteiger partial charge in [-0.05, 0) is 36.4 Å². The van der Waals surface area contributed by atoms with Gasteiger partial charge in [0.15, 0.2) is 11.0 Å². The number of benzene rings is 1. The molecule has 1 aromatic carbocycles. The number of aromatic nitrogens is 6. The molecule has 4 heterocycles. The van der Waals surface area contributed by atoms with E-state index in [1.54, 1.807) is 0 Å². The molecule has 4 aromatic heterocycles. The molecule has 6 heteroatoms. The number of hydrogen-bond acceptors (Lipinski definition) is 2. The van der Waals surface area contributed by atoms with Gasteiger partial charge in [-0.15, -0.1) is 0 Å². The highest BCUT2D eigenvalue weighted by atomic mass is 15.2. The number of aryl methyl sites for hydroxylation is 2. The van der Waals surface area contributed by atoms with E-state index in [0.717, 1.165) is 33.7 Å². The van der Waals surface area contributed by atoms with E-state index in [4.69, 9.17) is 0 Å². The third-order valence-corrected chi connectivity index (χ3v) is 4.71. The zero-order chi connectivity index (χ0) is 17.7. The molecule has 0 fully saturated rings. The lowest BCUT2D eigenvalue weighted by Crippen LogP contribution is -2.25. The molecule has 0 aliphatic rings. The molecule has 0 radical (unpaired) electrons. The summed E-state index contributed by atoms with van der Waals surface area (Å²) in [5.41, 5.74) is 6.19. The molecule has 0 spiro atoms. The number of rotatable bonds is 2. The zero-order valence-electron chi connectivity index (χ0n) is 14.6. The molecule has 0 aliphatic carbocycles. The zero-order valence-corrected chi connectivity index (χ0v) is 14.6. The van der Waals surface area contributed by atoms with Crippen molar-refractivity contribution in [3.63, 3.8) is 0 Å². The van der Waals surface area contributed by atoms with E-state index in [1.165, 1.54) is 0 Å². The number of pyridine rings is 2. The van der Waals surface area contributed by atoms with Gasteiger partial charge in [0.2, 0.25) is 0 Å². The van der Waals surface area contributed by atoms with Crippen molar-refractivity contribution in [1.82, 2.24) is 19.1 Å². The molecule has 5 rings (SSSR count). The second kappa shape index (κ2) is 5.49. The molecular weight excluding hydrogens is 324 g/mol. The third kappa shape index (κ3) is 2.12. The van der Waals surface area contributed by atoms with Crippen LogP contribution in [0, 0.1) is 0 Å². The quantitative estimate of drug-likeness (QED) is 0.461. The maximum atomic E-state index is 4.55. The molecule has 0 saturated carbocycles. The summed E-state index contributed by atoms with van der Waals surface area (Å²) >= 11 is 0. The Labute approximate surface area is 150 Å². The standard InChI is InChI=1S/C20H18N6/c1-23-13-25(19-17(23)8-4-10-21-19)15-6-3-7-16(12-15)26-14-24(2)18-9-5-11-22-20(18)26/h3-14H,1-2H3/q+2. The van der Waals surface area contributed by atoms with Gasteiger partial charge >= 0.3 is 0 Å². The summed E-state index contributed by atoms with van der Waals surface area (Å²) in [6.07, 6.45) is 7.77. The van der Waals surface area contributed by atoms with Gasteiger partial charge in [-0.25, -0.2) is 19.1 Å². The Morgan fingerprint density at radius 1 is 0.692 bits per heavy atom. The van der Waals surface area contributed by atoms with Crippen LogP contribution in [0.15, 0.2) is 73.6 Å². The summed E-state index contributed by atoms with van der Waals surface area (Å²) in [6, 6.07) is 16.5. The van der Waals surface area contributed by atoms with Gasteiger partial charge in [0.25, 0.3) is 23.9 Å². The molecule has 0 saturated heterocycles. The number of imidazole rings is 2. The number of fused-ring (bicyclic) bond motifs is 2. The van der Waals surface area contributed by atoms with Gasteiger partial charge < -0.3 is 0 Å². The summed E-state index contributed by atoms with van der Waals surface area (Å²) in [7, 11) is 4.07. The smallest absolute Gasteiger partial charge is 0.231 e. The van der Waals surface area contributed by atoms with E-state index in [9.17, 15) is 0 Å². The lowest BCUT2D eigenvalue weighted by molar-refractivity contribution is -0.645. The molecule has 0 bridgehead atoms. The van der Waals surface area contributed by atoms with E-state index in [1.807, 2.05) is 38.6 Å². The molecular formula is C20H18N6+2. The average Bonchev–Trinajstić information content (AvgIpc) is 3.20. The maximum absolute atomic E-state index is 4.55. The summed E-state index contributed by atoms with van der Waals surface area (Å²) in [5.74, 6) is 0. The largest absolute Gasteiger partial charge is 0.273 e. The Bertz CT molecular complexity index is 1170.